The third-order valence-corrected chi connectivity index (χ3v) is 7.01. The van der Waals surface area contributed by atoms with Gasteiger partial charge in [0.2, 0.25) is 17.7 Å². The van der Waals surface area contributed by atoms with Crippen molar-refractivity contribution in [3.8, 4) is 0 Å². The van der Waals surface area contributed by atoms with E-state index in [-0.39, 0.29) is 37.5 Å². The molecule has 1 aliphatic rings. The Morgan fingerprint density at radius 3 is 2.16 bits per heavy atom. The van der Waals surface area contributed by atoms with Crippen molar-refractivity contribution in [2.75, 3.05) is 39.0 Å². The molecule has 3 atom stereocenters. The van der Waals surface area contributed by atoms with Crippen LogP contribution in [0.5, 0.6) is 0 Å². The summed E-state index contributed by atoms with van der Waals surface area (Å²) in [5.41, 5.74) is 0. The van der Waals surface area contributed by atoms with Crippen LogP contribution < -0.4 is 10.6 Å². The number of rotatable bonds is 20. The second kappa shape index (κ2) is 16.6. The summed E-state index contributed by atoms with van der Waals surface area (Å²) in [5, 5.41) is 40.8. The highest BCUT2D eigenvalue weighted by molar-refractivity contribution is 8.00. The van der Waals surface area contributed by atoms with Crippen molar-refractivity contribution < 1.29 is 54.0 Å². The number of amides is 3. The highest BCUT2D eigenvalue weighted by atomic mass is 32.2. The number of carbonyl (C=O) groups is 7. The van der Waals surface area contributed by atoms with E-state index in [9.17, 15) is 38.7 Å². The number of unbranched alkanes of at least 4 members (excludes halogenated alkanes) is 1. The minimum absolute atomic E-state index is 0.00286. The molecule has 38 heavy (non-hydrogen) atoms. The Morgan fingerprint density at radius 1 is 1.00 bits per heavy atom. The van der Waals surface area contributed by atoms with Crippen molar-refractivity contribution in [1.82, 2.24) is 20.4 Å². The fourth-order valence-corrected chi connectivity index (χ4v) is 5.06. The summed E-state index contributed by atoms with van der Waals surface area (Å²) in [7, 11) is 1.56. The molecule has 1 saturated heterocycles. The average Bonchev–Trinajstić information content (AvgIpc) is 3.07. The number of carboxylic acids is 4. The first-order chi connectivity index (χ1) is 17.9. The van der Waals surface area contributed by atoms with E-state index in [1.54, 1.807) is 7.05 Å². The Bertz CT molecular complexity index is 885. The Hall–Kier alpha value is -3.24. The lowest BCUT2D eigenvalue weighted by Crippen LogP contribution is -2.48. The summed E-state index contributed by atoms with van der Waals surface area (Å²) in [6, 6.07) is -2.15. The average molecular weight is 563 g/mol. The maximum absolute atomic E-state index is 12.7. The molecule has 3 unspecified atom stereocenters. The summed E-state index contributed by atoms with van der Waals surface area (Å²) in [5.74, 6) is -6.84. The van der Waals surface area contributed by atoms with Crippen molar-refractivity contribution in [1.29, 1.82) is 0 Å². The minimum Gasteiger partial charge on any atom is -0.480 e. The van der Waals surface area contributed by atoms with E-state index in [0.717, 1.165) is 21.6 Å². The Labute approximate surface area is 222 Å². The second-order valence-electron chi connectivity index (χ2n) is 8.58. The lowest BCUT2D eigenvalue weighted by Gasteiger charge is -2.26. The van der Waals surface area contributed by atoms with Gasteiger partial charge >= 0.3 is 23.9 Å². The number of likely N-dealkylation sites (tertiary alicyclic amines) is 1. The van der Waals surface area contributed by atoms with E-state index < -0.39 is 66.1 Å². The van der Waals surface area contributed by atoms with Gasteiger partial charge in [-0.3, -0.25) is 43.4 Å². The molecule has 0 radical (unpaired) electrons. The molecule has 6 N–H and O–H groups in total. The van der Waals surface area contributed by atoms with Crippen molar-refractivity contribution in [3.63, 3.8) is 0 Å². The Kier molecular flexibility index (Phi) is 14.3. The van der Waals surface area contributed by atoms with Gasteiger partial charge in [0.25, 0.3) is 0 Å². The molecule has 0 bridgehead atoms. The quantitative estimate of drug-likeness (QED) is 0.0733. The topological polar surface area (TPSA) is 231 Å². The van der Waals surface area contributed by atoms with E-state index in [1.165, 1.54) is 0 Å². The Morgan fingerprint density at radius 2 is 1.63 bits per heavy atom. The molecule has 1 rings (SSSR count). The van der Waals surface area contributed by atoms with Crippen molar-refractivity contribution in [2.45, 2.75) is 55.9 Å². The molecule has 1 heterocycles. The van der Waals surface area contributed by atoms with Gasteiger partial charge in [0, 0.05) is 31.7 Å². The van der Waals surface area contributed by atoms with Gasteiger partial charge in [0.05, 0.1) is 18.3 Å². The number of thioether (sulfide) groups is 1. The summed E-state index contributed by atoms with van der Waals surface area (Å²) < 4.78 is 0. The standard InChI is InChI=1S/C22H34N4O11S/c1-23-13(21(34)35)5-2-3-7-24-16(27)6-4-8-26-17(28)9-15(20(26)33)38-12-14(22(36)37)25(10-18(29)30)11-19(31)32/h13-15,23H,2-12H2,1H3,(H,24,27)(H,29,30)(H,31,32)(H,34,35)(H,36,37). The molecule has 1 fully saturated rings. The van der Waals surface area contributed by atoms with Crippen LogP contribution in [0.3, 0.4) is 0 Å². The molecule has 0 aromatic heterocycles. The van der Waals surface area contributed by atoms with Gasteiger partial charge in [0.15, 0.2) is 0 Å². The lowest BCUT2D eigenvalue weighted by molar-refractivity contribution is -0.149. The van der Waals surface area contributed by atoms with E-state index >= 15 is 0 Å². The highest BCUT2D eigenvalue weighted by Gasteiger charge is 2.40. The Balaban J connectivity index is 2.47. The summed E-state index contributed by atoms with van der Waals surface area (Å²) in [4.78, 5) is 83.3. The molecule has 0 saturated carbocycles. The van der Waals surface area contributed by atoms with Gasteiger partial charge in [-0.05, 0) is 32.7 Å². The second-order valence-corrected chi connectivity index (χ2v) is 9.82. The van der Waals surface area contributed by atoms with Crippen LogP contribution in [-0.2, 0) is 33.6 Å². The summed E-state index contributed by atoms with van der Waals surface area (Å²) in [6.07, 6.45) is 1.69. The number of nitrogens with zero attached hydrogens (tertiary/aromatic N) is 2. The van der Waals surface area contributed by atoms with Gasteiger partial charge in [-0.1, -0.05) is 0 Å². The van der Waals surface area contributed by atoms with Crippen LogP contribution >= 0.6 is 11.8 Å². The van der Waals surface area contributed by atoms with Crippen molar-refractivity contribution in [2.24, 2.45) is 0 Å². The van der Waals surface area contributed by atoms with Crippen molar-refractivity contribution >= 4 is 53.4 Å². The normalized spacial score (nSPS) is 16.9. The number of hydrogen-bond donors (Lipinski definition) is 6. The van der Waals surface area contributed by atoms with E-state index in [1.807, 2.05) is 0 Å². The van der Waals surface area contributed by atoms with Gasteiger partial charge in [-0.25, -0.2) is 0 Å². The van der Waals surface area contributed by atoms with Crippen LogP contribution in [0.2, 0.25) is 0 Å². The van der Waals surface area contributed by atoms with Crippen molar-refractivity contribution in [3.05, 3.63) is 0 Å². The maximum atomic E-state index is 12.7. The van der Waals surface area contributed by atoms with Gasteiger partial charge in [0.1, 0.15) is 12.1 Å². The van der Waals surface area contributed by atoms with Crippen LogP contribution in [0.15, 0.2) is 0 Å². The number of carboxylic acid groups (broad SMARTS) is 4. The van der Waals surface area contributed by atoms with E-state index in [0.29, 0.717) is 25.8 Å². The smallest absolute Gasteiger partial charge is 0.321 e. The molecule has 3 amide bonds. The third-order valence-electron chi connectivity index (χ3n) is 5.73. The number of imide groups is 1. The first kappa shape index (κ1) is 32.8. The van der Waals surface area contributed by atoms with Crippen LogP contribution in [-0.4, -0.2) is 128 Å². The molecule has 0 aliphatic carbocycles. The fourth-order valence-electron chi connectivity index (χ4n) is 3.76. The lowest BCUT2D eigenvalue weighted by atomic mass is 10.1. The van der Waals surface area contributed by atoms with E-state index in [2.05, 4.69) is 10.6 Å². The molecule has 214 valence electrons. The molecule has 15 nitrogen and oxygen atoms in total. The highest BCUT2D eigenvalue weighted by Crippen LogP contribution is 2.27. The number of nitrogens with one attached hydrogen (secondary N) is 2. The fraction of sp³-hybridized carbons (Fsp3) is 0.682. The molecule has 16 heteroatoms. The summed E-state index contributed by atoms with van der Waals surface area (Å²) >= 11 is 0.838. The van der Waals surface area contributed by atoms with E-state index in [4.69, 9.17) is 15.3 Å². The first-order valence-electron chi connectivity index (χ1n) is 11.9. The van der Waals surface area contributed by atoms with Gasteiger partial charge in [-0.2, -0.15) is 0 Å². The monoisotopic (exact) mass is 562 g/mol. The maximum Gasteiger partial charge on any atom is 0.321 e. The molecule has 0 aromatic rings. The van der Waals surface area contributed by atoms with Crippen LogP contribution in [0.1, 0.15) is 38.5 Å². The summed E-state index contributed by atoms with van der Waals surface area (Å²) in [6.45, 7) is -1.29. The van der Waals surface area contributed by atoms with Gasteiger partial charge < -0.3 is 31.1 Å². The molecule has 0 aromatic carbocycles. The predicted octanol–water partition coefficient (Wildman–Crippen LogP) is -1.49. The first-order valence-corrected chi connectivity index (χ1v) is 12.9. The SMILES string of the molecule is CNC(CCCCNC(=O)CCCN1C(=O)CC(SCC(C(=O)O)N(CC(=O)O)CC(=O)O)C1=O)C(=O)O. The predicted molar refractivity (Wildman–Crippen MR) is 132 cm³/mol. The minimum atomic E-state index is -1.50. The zero-order valence-corrected chi connectivity index (χ0v) is 21.8. The number of carbonyl (C=O) groups excluding carboxylic acids is 3. The molecular weight excluding hydrogens is 528 g/mol. The van der Waals surface area contributed by atoms with Gasteiger partial charge in [-0.15, -0.1) is 11.8 Å². The van der Waals surface area contributed by atoms with Crippen LogP contribution in [0, 0.1) is 0 Å². The number of likely N-dealkylation sites (N-methyl/N-ethyl adjacent to an activating group) is 1. The zero-order chi connectivity index (χ0) is 28.8. The number of hydrogen-bond acceptors (Lipinski definition) is 10. The number of aliphatic carboxylic acids is 4. The molecular formula is C22H34N4O11S. The molecule has 0 spiro atoms. The zero-order valence-electron chi connectivity index (χ0n) is 21.0. The third kappa shape index (κ3) is 11.4. The largest absolute Gasteiger partial charge is 0.480 e. The van der Waals surface area contributed by atoms with Crippen LogP contribution in [0.25, 0.3) is 0 Å². The van der Waals surface area contributed by atoms with Crippen LogP contribution in [0.4, 0.5) is 0 Å². The molecule has 1 aliphatic heterocycles.